The Kier molecular flexibility index (Phi) is 9.18. The van der Waals surface area contributed by atoms with Crippen LogP contribution in [-0.2, 0) is 29.0 Å². The zero-order valence-corrected chi connectivity index (χ0v) is 28.6. The van der Waals surface area contributed by atoms with Crippen LogP contribution in [0, 0.1) is 38.9 Å². The van der Waals surface area contributed by atoms with Crippen molar-refractivity contribution in [1.82, 2.24) is 9.88 Å². The summed E-state index contributed by atoms with van der Waals surface area (Å²) in [6.07, 6.45) is 1.83. The van der Waals surface area contributed by atoms with Gasteiger partial charge in [-0.1, -0.05) is 44.2 Å². The van der Waals surface area contributed by atoms with Gasteiger partial charge in [-0.25, -0.2) is 9.18 Å². The Morgan fingerprint density at radius 3 is 2.24 bits per heavy atom. The number of anilines is 1. The largest absolute Gasteiger partial charge is 0.479 e. The van der Waals surface area contributed by atoms with Crippen LogP contribution >= 0.6 is 0 Å². The maximum absolute atomic E-state index is 14.2. The maximum atomic E-state index is 14.2. The molecular formula is C38H50FN3O3. The zero-order valence-electron chi connectivity index (χ0n) is 28.6. The van der Waals surface area contributed by atoms with Gasteiger partial charge in [-0.15, -0.1) is 0 Å². The smallest absolute Gasteiger partial charge is 0.337 e. The predicted octanol–water partition coefficient (Wildman–Crippen LogP) is 8.25. The first-order chi connectivity index (χ1) is 21.0. The molecule has 3 heterocycles. The lowest BCUT2D eigenvalue weighted by molar-refractivity contribution is -0.160. The predicted molar refractivity (Wildman–Crippen MR) is 179 cm³/mol. The van der Waals surface area contributed by atoms with E-state index in [0.717, 1.165) is 80.1 Å². The van der Waals surface area contributed by atoms with Crippen LogP contribution in [0.4, 0.5) is 10.1 Å². The molecular weight excluding hydrogens is 565 g/mol. The van der Waals surface area contributed by atoms with Crippen LogP contribution in [0.15, 0.2) is 30.3 Å². The summed E-state index contributed by atoms with van der Waals surface area (Å²) in [5, 5.41) is 10.5. The molecule has 0 amide bonds. The van der Waals surface area contributed by atoms with Crippen molar-refractivity contribution in [2.45, 2.75) is 106 Å². The second-order valence-corrected chi connectivity index (χ2v) is 15.0. The minimum absolute atomic E-state index is 0.119. The summed E-state index contributed by atoms with van der Waals surface area (Å²) in [4.78, 5) is 22.6. The number of carbonyl (C=O) groups is 1. The van der Waals surface area contributed by atoms with Gasteiger partial charge in [-0.3, -0.25) is 9.88 Å². The van der Waals surface area contributed by atoms with E-state index in [4.69, 9.17) is 9.72 Å². The van der Waals surface area contributed by atoms with Gasteiger partial charge in [-0.2, -0.15) is 0 Å². The molecule has 1 N–H and O–H groups in total. The Hall–Kier alpha value is -3.29. The van der Waals surface area contributed by atoms with Crippen molar-refractivity contribution in [2.75, 3.05) is 24.5 Å². The van der Waals surface area contributed by atoms with E-state index in [1.165, 1.54) is 11.1 Å². The van der Waals surface area contributed by atoms with Gasteiger partial charge in [0.15, 0.2) is 6.10 Å². The molecule has 6 nitrogen and oxygen atoms in total. The van der Waals surface area contributed by atoms with Crippen LogP contribution in [0.2, 0.25) is 0 Å². The lowest BCUT2D eigenvalue weighted by atomic mass is 9.81. The van der Waals surface area contributed by atoms with Gasteiger partial charge in [0, 0.05) is 55.2 Å². The van der Waals surface area contributed by atoms with Crippen molar-refractivity contribution in [3.63, 3.8) is 0 Å². The van der Waals surface area contributed by atoms with Crippen LogP contribution < -0.4 is 4.90 Å². The van der Waals surface area contributed by atoms with Gasteiger partial charge in [0.05, 0.1) is 11.3 Å². The van der Waals surface area contributed by atoms with E-state index in [2.05, 4.69) is 41.8 Å². The number of pyridine rings is 1. The van der Waals surface area contributed by atoms with E-state index in [1.807, 2.05) is 60.6 Å². The van der Waals surface area contributed by atoms with Crippen molar-refractivity contribution in [3.8, 4) is 11.1 Å². The van der Waals surface area contributed by atoms with Gasteiger partial charge in [0.1, 0.15) is 5.82 Å². The molecule has 5 rings (SSSR count). The van der Waals surface area contributed by atoms with Crippen molar-refractivity contribution < 1.29 is 19.0 Å². The lowest BCUT2D eigenvalue weighted by Crippen LogP contribution is -2.39. The summed E-state index contributed by atoms with van der Waals surface area (Å²) in [5.74, 6) is -1.12. The van der Waals surface area contributed by atoms with Crippen LogP contribution in [-0.4, -0.2) is 46.2 Å². The number of carboxylic acid groups (broad SMARTS) is 1. The summed E-state index contributed by atoms with van der Waals surface area (Å²) in [6, 6.07) is 10.6. The first-order valence-electron chi connectivity index (χ1n) is 16.3. The number of benzene rings is 2. The number of hydrogen-bond acceptors (Lipinski definition) is 5. The number of hydrogen-bond donors (Lipinski definition) is 1. The monoisotopic (exact) mass is 615 g/mol. The molecule has 1 atom stereocenters. The van der Waals surface area contributed by atoms with E-state index in [1.54, 1.807) is 0 Å². The maximum Gasteiger partial charge on any atom is 0.337 e. The molecule has 1 aromatic heterocycles. The van der Waals surface area contributed by atoms with Gasteiger partial charge in [-0.05, 0) is 107 Å². The number of piperidine rings is 1. The highest BCUT2D eigenvalue weighted by atomic mass is 19.1. The number of halogens is 1. The summed E-state index contributed by atoms with van der Waals surface area (Å²) in [6.45, 7) is 22.2. The lowest BCUT2D eigenvalue weighted by Gasteiger charge is -2.41. The Morgan fingerprint density at radius 1 is 1.00 bits per heavy atom. The molecule has 0 bridgehead atoms. The third-order valence-electron chi connectivity index (χ3n) is 9.46. The first kappa shape index (κ1) is 33.1. The van der Waals surface area contributed by atoms with E-state index >= 15 is 0 Å². The fraction of sp³-hybridized carbons (Fsp3) is 0.526. The summed E-state index contributed by atoms with van der Waals surface area (Å²) >= 11 is 0. The normalized spacial score (nSPS) is 17.7. The van der Waals surface area contributed by atoms with E-state index in [9.17, 15) is 14.3 Å². The van der Waals surface area contributed by atoms with Crippen molar-refractivity contribution in [1.29, 1.82) is 0 Å². The summed E-state index contributed by atoms with van der Waals surface area (Å²) in [7, 11) is 0. The molecule has 0 aliphatic carbocycles. The van der Waals surface area contributed by atoms with E-state index in [0.29, 0.717) is 22.4 Å². The molecule has 7 heteroatoms. The third kappa shape index (κ3) is 7.25. The van der Waals surface area contributed by atoms with Crippen LogP contribution in [0.1, 0.15) is 98.3 Å². The molecule has 2 aromatic carbocycles. The number of fused-ring (bicyclic) bond motifs is 1. The number of rotatable bonds is 7. The van der Waals surface area contributed by atoms with Crippen molar-refractivity contribution in [2.24, 2.45) is 5.41 Å². The quantitative estimate of drug-likeness (QED) is 0.289. The fourth-order valence-corrected chi connectivity index (χ4v) is 7.04. The van der Waals surface area contributed by atoms with Gasteiger partial charge in [0.25, 0.3) is 0 Å². The Balaban J connectivity index is 1.55. The number of aromatic nitrogens is 1. The Morgan fingerprint density at radius 2 is 1.64 bits per heavy atom. The molecule has 0 radical (unpaired) electrons. The Bertz CT molecular complexity index is 1570. The minimum Gasteiger partial charge on any atom is -0.479 e. The second-order valence-electron chi connectivity index (χ2n) is 15.0. The summed E-state index contributed by atoms with van der Waals surface area (Å²) < 4.78 is 20.5. The minimum atomic E-state index is -1.13. The van der Waals surface area contributed by atoms with Crippen LogP contribution in [0.3, 0.4) is 0 Å². The van der Waals surface area contributed by atoms with Gasteiger partial charge < -0.3 is 14.7 Å². The molecule has 0 spiro atoms. The number of ether oxygens (including phenoxy) is 1. The van der Waals surface area contributed by atoms with Gasteiger partial charge in [0.2, 0.25) is 0 Å². The average molecular weight is 616 g/mol. The fourth-order valence-electron chi connectivity index (χ4n) is 7.04. The molecule has 3 aromatic rings. The van der Waals surface area contributed by atoms with Crippen LogP contribution in [0.5, 0.6) is 0 Å². The van der Waals surface area contributed by atoms with Crippen LogP contribution in [0.25, 0.3) is 11.1 Å². The Labute approximate surface area is 268 Å². The number of aryl methyl sites for hydroxylation is 4. The number of aliphatic carboxylic acids is 1. The molecule has 0 saturated carbocycles. The third-order valence-corrected chi connectivity index (χ3v) is 9.46. The van der Waals surface area contributed by atoms with Crippen molar-refractivity contribution >= 4 is 11.7 Å². The standard InChI is InChI=1S/C38H50FN3O3/c1-23-18-27(19-24(2)33(23)39)21-41-15-12-28-20-29(10-11-30(28)22-41)31-25(3)40-26(4)32(35(36(43)44)45-37(5,6)7)34(31)42-16-13-38(8,9)14-17-42/h10-11,18-20,35H,12-17,21-22H2,1-9H3,(H,43,44). The van der Waals surface area contributed by atoms with Crippen molar-refractivity contribution in [3.05, 3.63) is 80.9 Å². The SMILES string of the molecule is Cc1cc(CN2CCc3cc(-c4c(C)nc(C)c(C(OC(C)(C)C)C(=O)O)c4N4CCC(C)(C)CC4)ccc3C2)cc(C)c1F. The highest BCUT2D eigenvalue weighted by Crippen LogP contribution is 2.45. The molecule has 1 unspecified atom stereocenters. The summed E-state index contributed by atoms with van der Waals surface area (Å²) in [5.41, 5.74) is 10.00. The number of nitrogens with zero attached hydrogens (tertiary/aromatic N) is 3. The first-order valence-corrected chi connectivity index (χ1v) is 16.3. The molecule has 2 aliphatic rings. The molecule has 2 aliphatic heterocycles. The topological polar surface area (TPSA) is 65.9 Å². The highest BCUT2D eigenvalue weighted by molar-refractivity contribution is 5.88. The van der Waals surface area contributed by atoms with E-state index < -0.39 is 17.7 Å². The number of carboxylic acids is 1. The van der Waals surface area contributed by atoms with E-state index in [-0.39, 0.29) is 11.2 Å². The average Bonchev–Trinajstić information content (AvgIpc) is 2.94. The molecule has 1 saturated heterocycles. The zero-order chi connectivity index (χ0) is 32.8. The highest BCUT2D eigenvalue weighted by Gasteiger charge is 2.36. The molecule has 1 fully saturated rings. The van der Waals surface area contributed by atoms with Gasteiger partial charge >= 0.3 is 5.97 Å². The molecule has 45 heavy (non-hydrogen) atoms. The second kappa shape index (κ2) is 12.5. The molecule has 242 valence electrons.